The summed E-state index contributed by atoms with van der Waals surface area (Å²) in [5.41, 5.74) is 1.47. The predicted molar refractivity (Wildman–Crippen MR) is 59.0 cm³/mol. The Morgan fingerprint density at radius 2 is 2.44 bits per heavy atom. The van der Waals surface area contributed by atoms with Gasteiger partial charge in [-0.15, -0.1) is 0 Å². The number of H-pyrrole nitrogens is 1. The number of aromatic nitrogens is 1. The van der Waals surface area contributed by atoms with Gasteiger partial charge in [0.15, 0.2) is 0 Å². The molecule has 4 heteroatoms. The Kier molecular flexibility index (Phi) is 2.56. The minimum Gasteiger partial charge on any atom is -0.370 e. The zero-order valence-electron chi connectivity index (χ0n) is 9.46. The molecule has 0 radical (unpaired) electrons. The zero-order valence-corrected chi connectivity index (χ0v) is 9.46. The molecular formula is C12H14N2O2. The van der Waals surface area contributed by atoms with Gasteiger partial charge < -0.3 is 9.72 Å². The maximum Gasteiger partial charge on any atom is 0.266 e. The molecule has 84 valence electrons. The van der Waals surface area contributed by atoms with Crippen LogP contribution in [0.2, 0.25) is 0 Å². The molecule has 0 aromatic carbocycles. The number of nitriles is 1. The van der Waals surface area contributed by atoms with E-state index in [0.29, 0.717) is 13.0 Å². The van der Waals surface area contributed by atoms with E-state index in [1.807, 2.05) is 13.0 Å². The number of aromatic amines is 1. The molecule has 1 aromatic heterocycles. The average Bonchev–Trinajstić information content (AvgIpc) is 2.28. The van der Waals surface area contributed by atoms with Gasteiger partial charge in [-0.2, -0.15) is 5.26 Å². The molecular weight excluding hydrogens is 204 g/mol. The highest BCUT2D eigenvalue weighted by Crippen LogP contribution is 2.28. The van der Waals surface area contributed by atoms with Crippen LogP contribution in [0.15, 0.2) is 10.9 Å². The lowest BCUT2D eigenvalue weighted by atomic mass is 9.91. The molecule has 0 bridgehead atoms. The van der Waals surface area contributed by atoms with Gasteiger partial charge in [-0.05, 0) is 25.0 Å². The lowest BCUT2D eigenvalue weighted by Gasteiger charge is -2.33. The maximum atomic E-state index is 11.5. The Morgan fingerprint density at radius 1 is 1.69 bits per heavy atom. The van der Waals surface area contributed by atoms with Crippen LogP contribution in [-0.2, 0) is 17.8 Å². The Hall–Kier alpha value is -1.60. The fourth-order valence-electron chi connectivity index (χ4n) is 1.89. The van der Waals surface area contributed by atoms with Crippen LogP contribution in [0, 0.1) is 11.3 Å². The molecule has 0 spiro atoms. The lowest BCUT2D eigenvalue weighted by Crippen LogP contribution is -2.36. The second-order valence-electron chi connectivity index (χ2n) is 4.40. The molecule has 16 heavy (non-hydrogen) atoms. The third-order valence-corrected chi connectivity index (χ3v) is 3.21. The molecule has 0 saturated heterocycles. The monoisotopic (exact) mass is 218 g/mol. The van der Waals surface area contributed by atoms with Gasteiger partial charge in [0.2, 0.25) is 0 Å². The van der Waals surface area contributed by atoms with Crippen LogP contribution in [0.4, 0.5) is 0 Å². The number of fused-ring (bicyclic) bond motifs is 1. The van der Waals surface area contributed by atoms with E-state index >= 15 is 0 Å². The highest BCUT2D eigenvalue weighted by Gasteiger charge is 2.30. The Labute approximate surface area is 93.9 Å². The second-order valence-corrected chi connectivity index (χ2v) is 4.40. The van der Waals surface area contributed by atoms with Crippen LogP contribution in [0.25, 0.3) is 0 Å². The fraction of sp³-hybridized carbons (Fsp3) is 0.500. The molecule has 1 aliphatic heterocycles. The van der Waals surface area contributed by atoms with Crippen LogP contribution in [0.3, 0.4) is 0 Å². The largest absolute Gasteiger partial charge is 0.370 e. The number of hydrogen-bond acceptors (Lipinski definition) is 3. The normalized spacial score (nSPS) is 23.6. The van der Waals surface area contributed by atoms with Crippen molar-refractivity contribution in [2.75, 3.05) is 0 Å². The minimum atomic E-state index is -0.304. The molecule has 1 unspecified atom stereocenters. The molecule has 2 heterocycles. The molecule has 0 fully saturated rings. The van der Waals surface area contributed by atoms with Crippen LogP contribution in [0.5, 0.6) is 0 Å². The summed E-state index contributed by atoms with van der Waals surface area (Å²) in [6.45, 7) is 4.56. The molecule has 1 aromatic rings. The van der Waals surface area contributed by atoms with Crippen molar-refractivity contribution < 1.29 is 4.74 Å². The van der Waals surface area contributed by atoms with E-state index in [0.717, 1.165) is 17.7 Å². The fourth-order valence-corrected chi connectivity index (χ4v) is 1.89. The second kappa shape index (κ2) is 3.76. The summed E-state index contributed by atoms with van der Waals surface area (Å²) in [5, 5.41) is 8.76. The van der Waals surface area contributed by atoms with Crippen molar-refractivity contribution in [1.82, 2.24) is 4.98 Å². The Morgan fingerprint density at radius 3 is 3.06 bits per heavy atom. The third-order valence-electron chi connectivity index (χ3n) is 3.21. The summed E-state index contributed by atoms with van der Waals surface area (Å²) < 4.78 is 5.75. The van der Waals surface area contributed by atoms with Gasteiger partial charge in [0.1, 0.15) is 11.6 Å². The maximum absolute atomic E-state index is 11.5. The lowest BCUT2D eigenvalue weighted by molar-refractivity contribution is -0.0575. The molecule has 0 saturated carbocycles. The van der Waals surface area contributed by atoms with Gasteiger partial charge in [0, 0.05) is 12.1 Å². The SMILES string of the molecule is CCC1(C)Cc2[nH]c(=O)c(C#N)cc2CO1. The van der Waals surface area contributed by atoms with Gasteiger partial charge in [-0.25, -0.2) is 0 Å². The number of ether oxygens (including phenoxy) is 1. The average molecular weight is 218 g/mol. The first-order valence-corrected chi connectivity index (χ1v) is 5.37. The van der Waals surface area contributed by atoms with Crippen LogP contribution in [-0.4, -0.2) is 10.6 Å². The minimum absolute atomic E-state index is 0.155. The summed E-state index contributed by atoms with van der Waals surface area (Å²) >= 11 is 0. The summed E-state index contributed by atoms with van der Waals surface area (Å²) in [6, 6.07) is 3.51. The summed E-state index contributed by atoms with van der Waals surface area (Å²) in [5.74, 6) is 0. The topological polar surface area (TPSA) is 65.9 Å². The Bertz CT molecular complexity index is 513. The predicted octanol–water partition coefficient (Wildman–Crippen LogP) is 1.49. The van der Waals surface area contributed by atoms with E-state index in [4.69, 9.17) is 10.00 Å². The first kappa shape index (κ1) is 10.9. The van der Waals surface area contributed by atoms with Crippen molar-refractivity contribution in [2.24, 2.45) is 0 Å². The van der Waals surface area contributed by atoms with Crippen LogP contribution in [0.1, 0.15) is 37.1 Å². The highest BCUT2D eigenvalue weighted by molar-refractivity contribution is 5.34. The van der Waals surface area contributed by atoms with Gasteiger partial charge in [0.25, 0.3) is 5.56 Å². The number of nitrogens with one attached hydrogen (secondary N) is 1. The van der Waals surface area contributed by atoms with E-state index in [2.05, 4.69) is 11.9 Å². The van der Waals surface area contributed by atoms with E-state index in [9.17, 15) is 4.79 Å². The van der Waals surface area contributed by atoms with Gasteiger partial charge in [-0.1, -0.05) is 6.92 Å². The molecule has 4 nitrogen and oxygen atoms in total. The van der Waals surface area contributed by atoms with E-state index in [1.165, 1.54) is 0 Å². The van der Waals surface area contributed by atoms with Crippen LogP contribution >= 0.6 is 0 Å². The van der Waals surface area contributed by atoms with Crippen molar-refractivity contribution in [3.8, 4) is 6.07 Å². The number of nitrogens with zero attached hydrogens (tertiary/aromatic N) is 1. The molecule has 1 N–H and O–H groups in total. The van der Waals surface area contributed by atoms with Crippen molar-refractivity contribution in [3.05, 3.63) is 33.2 Å². The standard InChI is InChI=1S/C12H14N2O2/c1-3-12(2)5-10-9(7-16-12)4-8(6-13)11(15)14-10/h4H,3,5,7H2,1-2H3,(H,14,15). The van der Waals surface area contributed by atoms with Crippen molar-refractivity contribution in [1.29, 1.82) is 5.26 Å². The van der Waals surface area contributed by atoms with E-state index in [1.54, 1.807) is 6.07 Å². The quantitative estimate of drug-likeness (QED) is 0.776. The summed E-state index contributed by atoms with van der Waals surface area (Å²) in [6.07, 6.45) is 1.59. The van der Waals surface area contributed by atoms with Gasteiger partial charge in [-0.3, -0.25) is 4.79 Å². The molecule has 2 rings (SSSR count). The van der Waals surface area contributed by atoms with E-state index in [-0.39, 0.29) is 16.7 Å². The van der Waals surface area contributed by atoms with Gasteiger partial charge >= 0.3 is 0 Å². The summed E-state index contributed by atoms with van der Waals surface area (Å²) in [4.78, 5) is 14.3. The smallest absolute Gasteiger partial charge is 0.266 e. The van der Waals surface area contributed by atoms with Crippen molar-refractivity contribution in [3.63, 3.8) is 0 Å². The molecule has 0 amide bonds. The highest BCUT2D eigenvalue weighted by atomic mass is 16.5. The molecule has 1 aliphatic rings. The van der Waals surface area contributed by atoms with Gasteiger partial charge in [0.05, 0.1) is 12.2 Å². The molecule has 0 aliphatic carbocycles. The van der Waals surface area contributed by atoms with Crippen molar-refractivity contribution in [2.45, 2.75) is 38.9 Å². The number of rotatable bonds is 1. The zero-order chi connectivity index (χ0) is 11.8. The molecule has 1 atom stereocenters. The Balaban J connectivity index is 2.46. The third kappa shape index (κ3) is 1.74. The van der Waals surface area contributed by atoms with Crippen LogP contribution < -0.4 is 5.56 Å². The first-order chi connectivity index (χ1) is 7.58. The number of pyridine rings is 1. The van der Waals surface area contributed by atoms with Crippen molar-refractivity contribution >= 4 is 0 Å². The number of hydrogen-bond donors (Lipinski definition) is 1. The first-order valence-electron chi connectivity index (χ1n) is 5.37. The van der Waals surface area contributed by atoms with E-state index < -0.39 is 0 Å². The summed E-state index contributed by atoms with van der Waals surface area (Å²) in [7, 11) is 0.